The Bertz CT molecular complexity index is 464. The maximum Gasteiger partial charge on any atom is 0.244 e. The summed E-state index contributed by atoms with van der Waals surface area (Å²) in [7, 11) is 0. The molecule has 1 aromatic carbocycles. The molecule has 0 aromatic heterocycles. The zero-order chi connectivity index (χ0) is 13.7. The van der Waals surface area contributed by atoms with Gasteiger partial charge in [0.05, 0.1) is 0 Å². The van der Waals surface area contributed by atoms with Crippen LogP contribution in [0.15, 0.2) is 30.3 Å². The number of hydrogen-bond donors (Lipinski definition) is 2. The number of benzene rings is 1. The van der Waals surface area contributed by atoms with Gasteiger partial charge in [-0.2, -0.15) is 0 Å². The van der Waals surface area contributed by atoms with Gasteiger partial charge in [0, 0.05) is 17.8 Å². The van der Waals surface area contributed by atoms with Gasteiger partial charge in [-0.25, -0.2) is 0 Å². The molecular formula is C16H22N2O. The lowest BCUT2D eigenvalue weighted by atomic mass is 10.1. The van der Waals surface area contributed by atoms with E-state index in [4.69, 9.17) is 5.73 Å². The fourth-order valence-corrected chi connectivity index (χ4v) is 2.17. The van der Waals surface area contributed by atoms with Gasteiger partial charge in [-0.15, -0.1) is 0 Å². The van der Waals surface area contributed by atoms with Crippen molar-refractivity contribution in [3.63, 3.8) is 0 Å². The highest BCUT2D eigenvalue weighted by Crippen LogP contribution is 2.33. The van der Waals surface area contributed by atoms with E-state index in [1.54, 1.807) is 12.2 Å². The smallest absolute Gasteiger partial charge is 0.244 e. The Hall–Kier alpha value is -1.77. The summed E-state index contributed by atoms with van der Waals surface area (Å²) in [4.78, 5) is 11.8. The Morgan fingerprint density at radius 1 is 1.53 bits per heavy atom. The maximum atomic E-state index is 11.8. The maximum absolute atomic E-state index is 11.8. The molecule has 0 radical (unpaired) electrons. The van der Waals surface area contributed by atoms with Crippen LogP contribution in [0, 0.1) is 5.92 Å². The van der Waals surface area contributed by atoms with Crippen molar-refractivity contribution < 1.29 is 4.79 Å². The largest absolute Gasteiger partial charge is 0.399 e. The van der Waals surface area contributed by atoms with Gasteiger partial charge >= 0.3 is 0 Å². The first-order valence-electron chi connectivity index (χ1n) is 7.01. The van der Waals surface area contributed by atoms with Crippen LogP contribution in [0.2, 0.25) is 0 Å². The van der Waals surface area contributed by atoms with Gasteiger partial charge in [0.1, 0.15) is 0 Å². The standard InChI is InChI=1S/C16H22N2O/c1-2-15(11-13-6-7-13)18-16(19)9-8-12-4-3-5-14(17)10-12/h3-5,8-10,13,15H,2,6-7,11,17H2,1H3,(H,18,19)/b9-8+. The summed E-state index contributed by atoms with van der Waals surface area (Å²) in [6, 6.07) is 7.81. The summed E-state index contributed by atoms with van der Waals surface area (Å²) >= 11 is 0. The van der Waals surface area contributed by atoms with Crippen LogP contribution in [0.3, 0.4) is 0 Å². The SMILES string of the molecule is CCC(CC1CC1)NC(=O)/C=C/c1cccc(N)c1. The minimum Gasteiger partial charge on any atom is -0.399 e. The number of nitrogens with two attached hydrogens (primary N) is 1. The summed E-state index contributed by atoms with van der Waals surface area (Å²) in [5, 5.41) is 3.07. The summed E-state index contributed by atoms with van der Waals surface area (Å²) in [5.74, 6) is 0.818. The number of nitrogens with one attached hydrogen (secondary N) is 1. The second-order valence-corrected chi connectivity index (χ2v) is 5.30. The van der Waals surface area contributed by atoms with E-state index in [0.717, 1.165) is 24.3 Å². The first kappa shape index (κ1) is 13.7. The van der Waals surface area contributed by atoms with E-state index in [9.17, 15) is 4.79 Å². The van der Waals surface area contributed by atoms with Crippen molar-refractivity contribution in [2.75, 3.05) is 5.73 Å². The Morgan fingerprint density at radius 3 is 2.95 bits per heavy atom. The zero-order valence-electron chi connectivity index (χ0n) is 11.4. The number of anilines is 1. The normalized spacial score (nSPS) is 16.5. The molecule has 1 aliphatic carbocycles. The van der Waals surface area contributed by atoms with Crippen LogP contribution in [-0.2, 0) is 4.79 Å². The van der Waals surface area contributed by atoms with Gasteiger partial charge < -0.3 is 11.1 Å². The van der Waals surface area contributed by atoms with Gasteiger partial charge in [-0.05, 0) is 42.5 Å². The molecule has 3 nitrogen and oxygen atoms in total. The molecule has 19 heavy (non-hydrogen) atoms. The van der Waals surface area contributed by atoms with E-state index in [2.05, 4.69) is 12.2 Å². The molecule has 1 aliphatic rings. The molecule has 1 atom stereocenters. The molecule has 3 heteroatoms. The third-order valence-corrected chi connectivity index (χ3v) is 3.49. The van der Waals surface area contributed by atoms with Crippen molar-refractivity contribution in [2.45, 2.75) is 38.6 Å². The first-order valence-corrected chi connectivity index (χ1v) is 7.01. The van der Waals surface area contributed by atoms with E-state index in [1.165, 1.54) is 12.8 Å². The van der Waals surface area contributed by atoms with Crippen molar-refractivity contribution >= 4 is 17.7 Å². The number of nitrogen functional groups attached to an aromatic ring is 1. The average Bonchev–Trinajstić information content (AvgIpc) is 3.19. The van der Waals surface area contributed by atoms with Crippen molar-refractivity contribution in [3.05, 3.63) is 35.9 Å². The molecule has 0 aliphatic heterocycles. The van der Waals surface area contributed by atoms with Crippen LogP contribution in [-0.4, -0.2) is 11.9 Å². The molecule has 0 spiro atoms. The van der Waals surface area contributed by atoms with Crippen LogP contribution in [0.1, 0.15) is 38.2 Å². The third kappa shape index (κ3) is 4.78. The molecule has 2 rings (SSSR count). The lowest BCUT2D eigenvalue weighted by molar-refractivity contribution is -0.117. The molecule has 1 saturated carbocycles. The van der Waals surface area contributed by atoms with Crippen molar-refractivity contribution in [1.82, 2.24) is 5.32 Å². The third-order valence-electron chi connectivity index (χ3n) is 3.49. The summed E-state index contributed by atoms with van der Waals surface area (Å²) in [6.07, 6.45) is 8.15. The van der Waals surface area contributed by atoms with Gasteiger partial charge in [0.25, 0.3) is 0 Å². The quantitative estimate of drug-likeness (QED) is 0.609. The van der Waals surface area contributed by atoms with E-state index < -0.39 is 0 Å². The second kappa shape index (κ2) is 6.41. The molecule has 1 aromatic rings. The summed E-state index contributed by atoms with van der Waals surface area (Å²) in [5.41, 5.74) is 7.35. The Kier molecular flexibility index (Phi) is 4.61. The number of amides is 1. The van der Waals surface area contributed by atoms with Gasteiger partial charge in [-0.1, -0.05) is 31.9 Å². The predicted octanol–water partition coefficient (Wildman–Crippen LogP) is 2.98. The monoisotopic (exact) mass is 258 g/mol. The molecule has 1 fully saturated rings. The number of hydrogen-bond acceptors (Lipinski definition) is 2. The predicted molar refractivity (Wildman–Crippen MR) is 79.5 cm³/mol. The zero-order valence-corrected chi connectivity index (χ0v) is 11.4. The molecule has 102 valence electrons. The van der Waals surface area contributed by atoms with E-state index in [0.29, 0.717) is 11.7 Å². The molecule has 1 amide bonds. The van der Waals surface area contributed by atoms with E-state index >= 15 is 0 Å². The van der Waals surface area contributed by atoms with Crippen LogP contribution >= 0.6 is 0 Å². The topological polar surface area (TPSA) is 55.1 Å². The second-order valence-electron chi connectivity index (χ2n) is 5.30. The minimum absolute atomic E-state index is 0.0186. The average molecular weight is 258 g/mol. The van der Waals surface area contributed by atoms with E-state index in [1.807, 2.05) is 24.3 Å². The molecule has 1 unspecified atom stereocenters. The molecule has 0 saturated heterocycles. The highest BCUT2D eigenvalue weighted by atomic mass is 16.1. The van der Waals surface area contributed by atoms with Crippen molar-refractivity contribution in [2.24, 2.45) is 5.92 Å². The van der Waals surface area contributed by atoms with Crippen LogP contribution in [0.4, 0.5) is 5.69 Å². The lowest BCUT2D eigenvalue weighted by Gasteiger charge is -2.15. The summed E-state index contributed by atoms with van der Waals surface area (Å²) < 4.78 is 0. The molecule has 0 heterocycles. The minimum atomic E-state index is -0.0186. The number of rotatable bonds is 6. The molecular weight excluding hydrogens is 236 g/mol. The van der Waals surface area contributed by atoms with Crippen LogP contribution in [0.25, 0.3) is 6.08 Å². The lowest BCUT2D eigenvalue weighted by Crippen LogP contribution is -2.33. The molecule has 3 N–H and O–H groups in total. The van der Waals surface area contributed by atoms with Gasteiger partial charge in [0.2, 0.25) is 5.91 Å². The van der Waals surface area contributed by atoms with Gasteiger partial charge in [-0.3, -0.25) is 4.79 Å². The highest BCUT2D eigenvalue weighted by molar-refractivity contribution is 5.92. The van der Waals surface area contributed by atoms with Gasteiger partial charge in [0.15, 0.2) is 0 Å². The number of carbonyl (C=O) groups is 1. The Morgan fingerprint density at radius 2 is 2.32 bits per heavy atom. The van der Waals surface area contributed by atoms with Crippen molar-refractivity contribution in [3.8, 4) is 0 Å². The Labute approximate surface area is 114 Å². The first-order chi connectivity index (χ1) is 9.17. The molecule has 0 bridgehead atoms. The highest BCUT2D eigenvalue weighted by Gasteiger charge is 2.25. The van der Waals surface area contributed by atoms with Crippen molar-refractivity contribution in [1.29, 1.82) is 0 Å². The number of carbonyl (C=O) groups excluding carboxylic acids is 1. The summed E-state index contributed by atoms with van der Waals surface area (Å²) in [6.45, 7) is 2.12. The fourth-order valence-electron chi connectivity index (χ4n) is 2.17. The Balaban J connectivity index is 1.85. The van der Waals surface area contributed by atoms with Crippen LogP contribution in [0.5, 0.6) is 0 Å². The van der Waals surface area contributed by atoms with Crippen LogP contribution < -0.4 is 11.1 Å². The fraction of sp³-hybridized carbons (Fsp3) is 0.438. The van der Waals surface area contributed by atoms with E-state index in [-0.39, 0.29) is 5.91 Å².